The molecule has 22 heavy (non-hydrogen) atoms. The zero-order valence-corrected chi connectivity index (χ0v) is 13.1. The van der Waals surface area contributed by atoms with Gasteiger partial charge in [-0.3, -0.25) is 4.79 Å². The summed E-state index contributed by atoms with van der Waals surface area (Å²) in [4.78, 5) is 23.2. The predicted molar refractivity (Wildman–Crippen MR) is 83.7 cm³/mol. The summed E-state index contributed by atoms with van der Waals surface area (Å²) in [5.41, 5.74) is 0.897. The number of nitrogens with one attached hydrogen (secondary N) is 3. The average molecular weight is 328 g/mol. The van der Waals surface area contributed by atoms with Crippen molar-refractivity contribution in [3.8, 4) is 5.75 Å². The van der Waals surface area contributed by atoms with Crippen molar-refractivity contribution in [1.29, 1.82) is 0 Å². The molecule has 7 nitrogen and oxygen atoms in total. The second-order valence-electron chi connectivity index (χ2n) is 4.95. The minimum atomic E-state index is -0.370. The molecule has 0 radical (unpaired) electrons. The van der Waals surface area contributed by atoms with Crippen LogP contribution < -0.4 is 20.7 Å². The SMILES string of the molecule is COCC[C@H](C)NC(=O)Nc1cc2c(cc1Cl)NC(=O)CO2. The summed E-state index contributed by atoms with van der Waals surface area (Å²) < 4.78 is 10.2. The molecule has 8 heteroatoms. The molecule has 1 aromatic rings. The van der Waals surface area contributed by atoms with Crippen molar-refractivity contribution in [2.45, 2.75) is 19.4 Å². The number of carbonyl (C=O) groups excluding carboxylic acids is 2. The number of rotatable bonds is 5. The lowest BCUT2D eigenvalue weighted by molar-refractivity contribution is -0.118. The first-order chi connectivity index (χ1) is 10.5. The third-order valence-corrected chi connectivity index (χ3v) is 3.40. The number of benzene rings is 1. The predicted octanol–water partition coefficient (Wildman–Crippen LogP) is 2.22. The Morgan fingerprint density at radius 1 is 1.55 bits per heavy atom. The highest BCUT2D eigenvalue weighted by molar-refractivity contribution is 6.34. The minimum Gasteiger partial charge on any atom is -0.482 e. The summed E-state index contributed by atoms with van der Waals surface area (Å²) in [5.74, 6) is 0.223. The molecule has 0 spiro atoms. The fourth-order valence-electron chi connectivity index (χ4n) is 1.94. The van der Waals surface area contributed by atoms with E-state index in [0.29, 0.717) is 35.2 Å². The van der Waals surface area contributed by atoms with Gasteiger partial charge in [-0.25, -0.2) is 4.79 Å². The normalized spacial score (nSPS) is 14.4. The van der Waals surface area contributed by atoms with Crippen LogP contribution >= 0.6 is 11.6 Å². The molecule has 0 fully saturated rings. The monoisotopic (exact) mass is 327 g/mol. The third-order valence-electron chi connectivity index (χ3n) is 3.08. The van der Waals surface area contributed by atoms with Crippen LogP contribution in [-0.4, -0.2) is 38.3 Å². The van der Waals surface area contributed by atoms with Gasteiger partial charge in [0.15, 0.2) is 6.61 Å². The summed E-state index contributed by atoms with van der Waals surface area (Å²) in [5, 5.41) is 8.40. The first-order valence-corrected chi connectivity index (χ1v) is 7.20. The average Bonchev–Trinajstić information content (AvgIpc) is 2.46. The second kappa shape index (κ2) is 7.33. The zero-order chi connectivity index (χ0) is 16.1. The second-order valence-corrected chi connectivity index (χ2v) is 5.35. The number of hydrogen-bond acceptors (Lipinski definition) is 4. The lowest BCUT2D eigenvalue weighted by Crippen LogP contribution is -2.36. The van der Waals surface area contributed by atoms with E-state index in [9.17, 15) is 9.59 Å². The van der Waals surface area contributed by atoms with Gasteiger partial charge in [-0.2, -0.15) is 0 Å². The number of carbonyl (C=O) groups is 2. The molecule has 3 N–H and O–H groups in total. The molecule has 1 aromatic carbocycles. The van der Waals surface area contributed by atoms with E-state index in [1.807, 2.05) is 6.92 Å². The fourth-order valence-corrected chi connectivity index (χ4v) is 2.16. The highest BCUT2D eigenvalue weighted by Crippen LogP contribution is 2.36. The number of ether oxygens (including phenoxy) is 2. The van der Waals surface area contributed by atoms with Crippen LogP contribution in [0.25, 0.3) is 0 Å². The lowest BCUT2D eigenvalue weighted by Gasteiger charge is -2.20. The number of halogens is 1. The number of amides is 3. The molecular formula is C14H18ClN3O4. The van der Waals surface area contributed by atoms with Crippen molar-refractivity contribution in [2.24, 2.45) is 0 Å². The molecule has 0 aromatic heterocycles. The van der Waals surface area contributed by atoms with E-state index in [-0.39, 0.29) is 24.6 Å². The Morgan fingerprint density at radius 3 is 3.05 bits per heavy atom. The molecule has 3 amide bonds. The van der Waals surface area contributed by atoms with Gasteiger partial charge >= 0.3 is 6.03 Å². The molecule has 1 atom stereocenters. The molecular weight excluding hydrogens is 310 g/mol. The van der Waals surface area contributed by atoms with Crippen LogP contribution in [0.2, 0.25) is 5.02 Å². The van der Waals surface area contributed by atoms with Gasteiger partial charge in [0.2, 0.25) is 0 Å². The molecule has 0 aliphatic carbocycles. The lowest BCUT2D eigenvalue weighted by atomic mass is 10.2. The van der Waals surface area contributed by atoms with E-state index in [0.717, 1.165) is 0 Å². The third kappa shape index (κ3) is 4.25. The van der Waals surface area contributed by atoms with E-state index in [2.05, 4.69) is 16.0 Å². The number of urea groups is 1. The summed E-state index contributed by atoms with van der Waals surface area (Å²) in [6, 6.07) is 2.71. The maximum Gasteiger partial charge on any atom is 0.319 e. The fraction of sp³-hybridized carbons (Fsp3) is 0.429. The molecule has 1 heterocycles. The van der Waals surface area contributed by atoms with Crippen molar-refractivity contribution in [3.63, 3.8) is 0 Å². The van der Waals surface area contributed by atoms with E-state index in [1.165, 1.54) is 6.07 Å². The highest BCUT2D eigenvalue weighted by Gasteiger charge is 2.19. The Hall–Kier alpha value is -1.99. The number of hydrogen-bond donors (Lipinski definition) is 3. The Morgan fingerprint density at radius 2 is 2.32 bits per heavy atom. The smallest absolute Gasteiger partial charge is 0.319 e. The summed E-state index contributed by atoms with van der Waals surface area (Å²) in [6.45, 7) is 2.38. The van der Waals surface area contributed by atoms with Crippen LogP contribution in [0.4, 0.5) is 16.2 Å². The Labute approximate surface area is 133 Å². The standard InChI is InChI=1S/C14H18ClN3O4/c1-8(3-4-21-2)16-14(20)18-10-6-12-11(5-9(10)15)17-13(19)7-22-12/h5-6,8H,3-4,7H2,1-2H3,(H,17,19)(H2,16,18,20)/t8-/m0/s1. The molecule has 120 valence electrons. The van der Waals surface area contributed by atoms with Crippen LogP contribution in [0, 0.1) is 0 Å². The first kappa shape index (κ1) is 16.4. The summed E-state index contributed by atoms with van der Waals surface area (Å²) in [6.07, 6.45) is 0.705. The van der Waals surface area contributed by atoms with Gasteiger partial charge in [0, 0.05) is 25.8 Å². The van der Waals surface area contributed by atoms with Gasteiger partial charge in [-0.05, 0) is 19.4 Å². The Kier molecular flexibility index (Phi) is 5.46. The number of methoxy groups -OCH3 is 1. The number of anilines is 2. The Balaban J connectivity index is 2.01. The topological polar surface area (TPSA) is 88.7 Å². The quantitative estimate of drug-likeness (QED) is 0.773. The van der Waals surface area contributed by atoms with Gasteiger partial charge in [0.1, 0.15) is 5.75 Å². The highest BCUT2D eigenvalue weighted by atomic mass is 35.5. The largest absolute Gasteiger partial charge is 0.482 e. The molecule has 0 unspecified atom stereocenters. The van der Waals surface area contributed by atoms with Gasteiger partial charge < -0.3 is 25.4 Å². The maximum atomic E-state index is 11.9. The minimum absolute atomic E-state index is 0.0353. The molecule has 0 saturated heterocycles. The van der Waals surface area contributed by atoms with Crippen LogP contribution in [0.3, 0.4) is 0 Å². The van der Waals surface area contributed by atoms with Crippen molar-refractivity contribution in [1.82, 2.24) is 5.32 Å². The maximum absolute atomic E-state index is 11.9. The van der Waals surface area contributed by atoms with E-state index in [4.69, 9.17) is 21.1 Å². The van der Waals surface area contributed by atoms with E-state index >= 15 is 0 Å². The number of fused-ring (bicyclic) bond motifs is 1. The van der Waals surface area contributed by atoms with E-state index < -0.39 is 0 Å². The molecule has 1 aliphatic rings. The first-order valence-electron chi connectivity index (χ1n) is 6.82. The van der Waals surface area contributed by atoms with Crippen molar-refractivity contribution in [2.75, 3.05) is 31.0 Å². The zero-order valence-electron chi connectivity index (χ0n) is 12.4. The molecule has 0 bridgehead atoms. The van der Waals surface area contributed by atoms with Crippen molar-refractivity contribution >= 4 is 34.9 Å². The van der Waals surface area contributed by atoms with Crippen LogP contribution in [0.5, 0.6) is 5.75 Å². The molecule has 1 aliphatic heterocycles. The molecule has 0 saturated carbocycles. The van der Waals surface area contributed by atoms with Crippen LogP contribution in [-0.2, 0) is 9.53 Å². The van der Waals surface area contributed by atoms with Gasteiger partial charge in [0.05, 0.1) is 16.4 Å². The summed E-state index contributed by atoms with van der Waals surface area (Å²) in [7, 11) is 1.61. The van der Waals surface area contributed by atoms with Gasteiger partial charge in [-0.15, -0.1) is 0 Å². The van der Waals surface area contributed by atoms with Gasteiger partial charge in [0.25, 0.3) is 5.91 Å². The van der Waals surface area contributed by atoms with Crippen LogP contribution in [0.15, 0.2) is 12.1 Å². The van der Waals surface area contributed by atoms with E-state index in [1.54, 1.807) is 13.2 Å². The Bertz CT molecular complexity index is 579. The van der Waals surface area contributed by atoms with Crippen molar-refractivity contribution < 1.29 is 19.1 Å². The van der Waals surface area contributed by atoms with Gasteiger partial charge in [-0.1, -0.05) is 11.6 Å². The molecule has 2 rings (SSSR count). The van der Waals surface area contributed by atoms with Crippen LogP contribution in [0.1, 0.15) is 13.3 Å². The summed E-state index contributed by atoms with van der Waals surface area (Å²) >= 11 is 6.10. The van der Waals surface area contributed by atoms with Crippen molar-refractivity contribution in [3.05, 3.63) is 17.2 Å².